The van der Waals surface area contributed by atoms with E-state index in [2.05, 4.69) is 37.1 Å². The van der Waals surface area contributed by atoms with Gasteiger partial charge in [0.05, 0.1) is 25.3 Å². The Morgan fingerprint density at radius 3 is 2.39 bits per heavy atom. The molecule has 0 saturated carbocycles. The molecule has 0 aliphatic carbocycles. The summed E-state index contributed by atoms with van der Waals surface area (Å²) in [5, 5.41) is 4.05. The number of fused-ring (bicyclic) bond motifs is 2. The Balaban J connectivity index is 1.70. The first kappa shape index (κ1) is 22.9. The number of carbonyl (C=O) groups excluding carboxylic acids is 1. The van der Waals surface area contributed by atoms with Gasteiger partial charge < -0.3 is 19.7 Å². The van der Waals surface area contributed by atoms with Crippen molar-refractivity contribution in [2.24, 2.45) is 5.41 Å². The molecule has 6 nitrogen and oxygen atoms in total. The summed E-state index contributed by atoms with van der Waals surface area (Å²) in [5.74, 6) is 2.21. The highest BCUT2D eigenvalue weighted by Crippen LogP contribution is 2.35. The molecule has 1 aliphatic heterocycles. The molecular formula is C27H33N3O3. The molecule has 1 atom stereocenters. The molecule has 3 aromatic rings. The Kier molecular flexibility index (Phi) is 6.19. The molecule has 6 heteroatoms. The van der Waals surface area contributed by atoms with Gasteiger partial charge in [-0.05, 0) is 54.2 Å². The van der Waals surface area contributed by atoms with Gasteiger partial charge in [0.2, 0.25) is 0 Å². The first-order valence-electron chi connectivity index (χ1n) is 11.4. The molecule has 1 N–H and O–H groups in total. The second-order valence-corrected chi connectivity index (χ2v) is 9.75. The van der Waals surface area contributed by atoms with Gasteiger partial charge in [-0.15, -0.1) is 0 Å². The van der Waals surface area contributed by atoms with E-state index in [1.54, 1.807) is 14.2 Å². The standard InChI is InChI=1S/C27H33N3O3/c1-17(27(2,3)4)28-26(31)21-15-25(29-22-10-8-7-9-20(21)22)30-12-11-18-13-23(32-5)24(33-6)14-19(18)16-30/h7-10,13-15,17H,11-12,16H2,1-6H3,(H,28,31)/t17-/m0/s1. The lowest BCUT2D eigenvalue weighted by Crippen LogP contribution is -2.41. The van der Waals surface area contributed by atoms with Crippen LogP contribution >= 0.6 is 0 Å². The number of hydrogen-bond donors (Lipinski definition) is 1. The highest BCUT2D eigenvalue weighted by atomic mass is 16.5. The zero-order valence-electron chi connectivity index (χ0n) is 20.4. The average Bonchev–Trinajstić information content (AvgIpc) is 2.81. The molecule has 0 bridgehead atoms. The third kappa shape index (κ3) is 4.61. The summed E-state index contributed by atoms with van der Waals surface area (Å²) in [7, 11) is 3.31. The largest absolute Gasteiger partial charge is 0.493 e. The van der Waals surface area contributed by atoms with E-state index >= 15 is 0 Å². The van der Waals surface area contributed by atoms with Crippen molar-refractivity contribution in [3.63, 3.8) is 0 Å². The number of anilines is 1. The van der Waals surface area contributed by atoms with E-state index in [1.165, 1.54) is 11.1 Å². The van der Waals surface area contributed by atoms with Crippen LogP contribution in [0.25, 0.3) is 10.9 Å². The number of ether oxygens (including phenoxy) is 2. The van der Waals surface area contributed by atoms with Crippen LogP contribution in [0.1, 0.15) is 49.2 Å². The Labute approximate surface area is 195 Å². The molecule has 0 saturated heterocycles. The fourth-order valence-electron chi connectivity index (χ4n) is 4.08. The molecule has 1 aliphatic rings. The van der Waals surface area contributed by atoms with Crippen molar-refractivity contribution in [1.82, 2.24) is 10.3 Å². The van der Waals surface area contributed by atoms with Crippen molar-refractivity contribution >= 4 is 22.6 Å². The summed E-state index contributed by atoms with van der Waals surface area (Å²) in [5.41, 5.74) is 3.88. The van der Waals surface area contributed by atoms with Crippen molar-refractivity contribution in [2.75, 3.05) is 25.7 Å². The highest BCUT2D eigenvalue weighted by molar-refractivity contribution is 6.07. The quantitative estimate of drug-likeness (QED) is 0.598. The van der Waals surface area contributed by atoms with Crippen LogP contribution in [0.3, 0.4) is 0 Å². The van der Waals surface area contributed by atoms with Gasteiger partial charge in [0.1, 0.15) is 5.82 Å². The third-order valence-electron chi connectivity index (χ3n) is 6.64. The van der Waals surface area contributed by atoms with Crippen LogP contribution in [0.2, 0.25) is 0 Å². The van der Waals surface area contributed by atoms with Gasteiger partial charge in [-0.1, -0.05) is 39.0 Å². The van der Waals surface area contributed by atoms with Crippen molar-refractivity contribution < 1.29 is 14.3 Å². The number of nitrogens with zero attached hydrogens (tertiary/aromatic N) is 2. The van der Waals surface area contributed by atoms with Crippen molar-refractivity contribution in [3.8, 4) is 11.5 Å². The maximum Gasteiger partial charge on any atom is 0.252 e. The number of carbonyl (C=O) groups is 1. The lowest BCUT2D eigenvalue weighted by Gasteiger charge is -2.31. The van der Waals surface area contributed by atoms with Crippen LogP contribution in [-0.2, 0) is 13.0 Å². The number of nitrogens with one attached hydrogen (secondary N) is 1. The van der Waals surface area contributed by atoms with Gasteiger partial charge in [0, 0.05) is 24.5 Å². The first-order chi connectivity index (χ1) is 15.7. The Hall–Kier alpha value is -3.28. The van der Waals surface area contributed by atoms with Crippen LogP contribution in [0.5, 0.6) is 11.5 Å². The molecule has 33 heavy (non-hydrogen) atoms. The smallest absolute Gasteiger partial charge is 0.252 e. The molecular weight excluding hydrogens is 414 g/mol. The molecule has 1 aromatic heterocycles. The molecule has 174 valence electrons. The monoisotopic (exact) mass is 447 g/mol. The minimum absolute atomic E-state index is 0.0297. The SMILES string of the molecule is COc1cc2c(cc1OC)CN(c1cc(C(=O)N[C@@H](C)C(C)(C)C)c3ccccc3n1)CC2. The predicted molar refractivity (Wildman–Crippen MR) is 132 cm³/mol. The molecule has 0 fully saturated rings. The number of amides is 1. The van der Waals surface area contributed by atoms with Gasteiger partial charge in [-0.3, -0.25) is 4.79 Å². The van der Waals surface area contributed by atoms with Crippen molar-refractivity contribution in [2.45, 2.75) is 46.7 Å². The van der Waals surface area contributed by atoms with Crippen molar-refractivity contribution in [1.29, 1.82) is 0 Å². The highest BCUT2D eigenvalue weighted by Gasteiger charge is 2.25. The van der Waals surface area contributed by atoms with Crippen LogP contribution in [0, 0.1) is 5.41 Å². The van der Waals surface area contributed by atoms with E-state index in [0.717, 1.165) is 41.2 Å². The lowest BCUT2D eigenvalue weighted by atomic mass is 9.88. The second kappa shape index (κ2) is 8.93. The Morgan fingerprint density at radius 2 is 1.73 bits per heavy atom. The first-order valence-corrected chi connectivity index (χ1v) is 11.4. The topological polar surface area (TPSA) is 63.7 Å². The van der Waals surface area contributed by atoms with Crippen LogP contribution in [0.4, 0.5) is 5.82 Å². The lowest BCUT2D eigenvalue weighted by molar-refractivity contribution is 0.0911. The van der Waals surface area contributed by atoms with Crippen LogP contribution in [-0.4, -0.2) is 37.7 Å². The van der Waals surface area contributed by atoms with E-state index < -0.39 is 0 Å². The van der Waals surface area contributed by atoms with E-state index in [-0.39, 0.29) is 17.4 Å². The number of hydrogen-bond acceptors (Lipinski definition) is 5. The molecule has 1 amide bonds. The minimum atomic E-state index is -0.0684. The van der Waals surface area contributed by atoms with Gasteiger partial charge in [-0.2, -0.15) is 0 Å². The summed E-state index contributed by atoms with van der Waals surface area (Å²) >= 11 is 0. The van der Waals surface area contributed by atoms with E-state index in [9.17, 15) is 4.79 Å². The molecule has 4 rings (SSSR count). The summed E-state index contributed by atoms with van der Waals surface area (Å²) < 4.78 is 11.0. The van der Waals surface area contributed by atoms with Gasteiger partial charge >= 0.3 is 0 Å². The zero-order chi connectivity index (χ0) is 23.8. The third-order valence-corrected chi connectivity index (χ3v) is 6.64. The van der Waals surface area contributed by atoms with Gasteiger partial charge in [0.15, 0.2) is 11.5 Å². The Morgan fingerprint density at radius 1 is 1.06 bits per heavy atom. The predicted octanol–water partition coefficient (Wildman–Crippen LogP) is 4.98. The molecule has 2 heterocycles. The number of para-hydroxylation sites is 1. The molecule has 0 spiro atoms. The van der Waals surface area contributed by atoms with E-state index in [1.807, 2.05) is 43.3 Å². The van der Waals surface area contributed by atoms with Crippen molar-refractivity contribution in [3.05, 3.63) is 59.2 Å². The summed E-state index contributed by atoms with van der Waals surface area (Å²) in [6.45, 7) is 9.94. The summed E-state index contributed by atoms with van der Waals surface area (Å²) in [6, 6.07) is 13.9. The maximum atomic E-state index is 13.3. The molecule has 0 radical (unpaired) electrons. The fraction of sp³-hybridized carbons (Fsp3) is 0.407. The number of methoxy groups -OCH3 is 2. The Bertz CT molecular complexity index is 1180. The van der Waals surface area contributed by atoms with Gasteiger partial charge in [0.25, 0.3) is 5.91 Å². The van der Waals surface area contributed by atoms with Crippen LogP contribution < -0.4 is 19.7 Å². The summed E-state index contributed by atoms with van der Waals surface area (Å²) in [6.07, 6.45) is 0.868. The van der Waals surface area contributed by atoms with Crippen LogP contribution in [0.15, 0.2) is 42.5 Å². The molecule has 2 aromatic carbocycles. The number of pyridine rings is 1. The maximum absolute atomic E-state index is 13.3. The minimum Gasteiger partial charge on any atom is -0.493 e. The summed E-state index contributed by atoms with van der Waals surface area (Å²) in [4.78, 5) is 20.5. The second-order valence-electron chi connectivity index (χ2n) is 9.75. The van der Waals surface area contributed by atoms with E-state index in [0.29, 0.717) is 12.1 Å². The van der Waals surface area contributed by atoms with E-state index in [4.69, 9.17) is 14.5 Å². The number of aromatic nitrogens is 1. The average molecular weight is 448 g/mol. The number of rotatable bonds is 5. The zero-order valence-corrected chi connectivity index (χ0v) is 20.4. The van der Waals surface area contributed by atoms with Gasteiger partial charge in [-0.25, -0.2) is 4.98 Å². The fourth-order valence-corrected chi connectivity index (χ4v) is 4.08. The molecule has 0 unspecified atom stereocenters. The normalized spacial score (nSPS) is 14.5. The number of benzene rings is 2.